The third-order valence-electron chi connectivity index (χ3n) is 1.70. The van der Waals surface area contributed by atoms with E-state index in [1.807, 2.05) is 36.4 Å². The molecule has 2 rings (SSSR count). The van der Waals surface area contributed by atoms with Crippen molar-refractivity contribution in [3.05, 3.63) is 66.7 Å². The van der Waals surface area contributed by atoms with Gasteiger partial charge in [-0.25, -0.2) is 5.14 Å². The summed E-state index contributed by atoms with van der Waals surface area (Å²) in [4.78, 5) is 0. The summed E-state index contributed by atoms with van der Waals surface area (Å²) in [6.45, 7) is 0. The number of hydrogen-bond donors (Lipinski definition) is 2. The van der Waals surface area contributed by atoms with Crippen molar-refractivity contribution in [2.24, 2.45) is 5.14 Å². The number of nitrogens with one attached hydrogen (secondary N) is 1. The second-order valence-corrected chi connectivity index (χ2v) is 4.46. The fourth-order valence-electron chi connectivity index (χ4n) is 1.06. The van der Waals surface area contributed by atoms with Crippen molar-refractivity contribution in [3.63, 3.8) is 0 Å². The molecule has 0 saturated heterocycles. The van der Waals surface area contributed by atoms with Gasteiger partial charge >= 0.3 is 0 Å². The van der Waals surface area contributed by atoms with Gasteiger partial charge in [0.2, 0.25) is 0 Å². The predicted octanol–water partition coefficient (Wildman–Crippen LogP) is 1.99. The molecule has 0 heterocycles. The van der Waals surface area contributed by atoms with Crippen LogP contribution >= 0.6 is 0 Å². The minimum absolute atomic E-state index is 0.468. The second-order valence-electron chi connectivity index (χ2n) is 3.17. The number of rotatable bonds is 2. The second kappa shape index (κ2) is 6.67. The average molecular weight is 250 g/mol. The van der Waals surface area contributed by atoms with E-state index in [1.165, 1.54) is 0 Å². The molecule has 2 aromatic rings. The third-order valence-corrected chi connectivity index (χ3v) is 2.22. The summed E-state index contributed by atoms with van der Waals surface area (Å²) in [5, 5.41) is 4.73. The molecule has 90 valence electrons. The maximum absolute atomic E-state index is 10.5. The lowest BCUT2D eigenvalue weighted by atomic mass is 10.3. The van der Waals surface area contributed by atoms with Crippen molar-refractivity contribution in [3.8, 4) is 0 Å². The number of para-hydroxylation sites is 1. The first-order valence-electron chi connectivity index (χ1n) is 4.93. The maximum Gasteiger partial charge on any atom is 0.296 e. The highest BCUT2D eigenvalue weighted by Gasteiger charge is 1.98. The summed E-state index contributed by atoms with van der Waals surface area (Å²) in [5.74, 6) is 0. The van der Waals surface area contributed by atoms with E-state index in [4.69, 9.17) is 5.14 Å². The van der Waals surface area contributed by atoms with E-state index < -0.39 is 10.2 Å². The van der Waals surface area contributed by atoms with Crippen LogP contribution in [0.15, 0.2) is 66.7 Å². The van der Waals surface area contributed by atoms with Gasteiger partial charge in [0, 0.05) is 5.69 Å². The van der Waals surface area contributed by atoms with Crippen LogP contribution in [0.2, 0.25) is 0 Å². The quantitative estimate of drug-likeness (QED) is 0.855. The molecule has 0 unspecified atom stereocenters. The van der Waals surface area contributed by atoms with E-state index in [-0.39, 0.29) is 0 Å². The van der Waals surface area contributed by atoms with Crippen LogP contribution in [0.25, 0.3) is 0 Å². The van der Waals surface area contributed by atoms with Gasteiger partial charge in [0.1, 0.15) is 0 Å². The molecule has 0 bridgehead atoms. The lowest BCUT2D eigenvalue weighted by molar-refractivity contribution is 0.603. The van der Waals surface area contributed by atoms with Crippen LogP contribution in [-0.2, 0) is 10.2 Å². The smallest absolute Gasteiger partial charge is 0.271 e. The van der Waals surface area contributed by atoms with Crippen LogP contribution in [0.3, 0.4) is 0 Å². The Bertz CT molecular complexity index is 486. The Kier molecular flexibility index (Phi) is 5.19. The minimum atomic E-state index is -3.63. The maximum atomic E-state index is 10.5. The van der Waals surface area contributed by atoms with Gasteiger partial charge in [-0.3, -0.25) is 4.72 Å². The van der Waals surface area contributed by atoms with E-state index in [1.54, 1.807) is 30.3 Å². The van der Waals surface area contributed by atoms with Crippen LogP contribution in [0.1, 0.15) is 0 Å². The fraction of sp³-hybridized carbons (Fsp3) is 0. The van der Waals surface area contributed by atoms with Gasteiger partial charge in [-0.1, -0.05) is 54.6 Å². The molecule has 3 N–H and O–H groups in total. The monoisotopic (exact) mass is 250 g/mol. The van der Waals surface area contributed by atoms with Crippen molar-refractivity contribution in [1.29, 1.82) is 0 Å². The van der Waals surface area contributed by atoms with Crippen LogP contribution in [-0.4, -0.2) is 8.42 Å². The summed E-state index contributed by atoms with van der Waals surface area (Å²) in [7, 11) is -3.63. The Morgan fingerprint density at radius 3 is 1.47 bits per heavy atom. The normalized spacial score (nSPS) is 9.94. The molecule has 17 heavy (non-hydrogen) atoms. The molecule has 0 aliphatic carbocycles. The van der Waals surface area contributed by atoms with Gasteiger partial charge in [-0.2, -0.15) is 8.42 Å². The van der Waals surface area contributed by atoms with E-state index in [0.717, 1.165) is 0 Å². The Labute approximate surface area is 101 Å². The molecule has 4 nitrogen and oxygen atoms in total. The van der Waals surface area contributed by atoms with Crippen molar-refractivity contribution in [2.45, 2.75) is 0 Å². The van der Waals surface area contributed by atoms with Gasteiger partial charge in [0.25, 0.3) is 10.2 Å². The first-order chi connectivity index (χ1) is 8.08. The van der Waals surface area contributed by atoms with Crippen molar-refractivity contribution < 1.29 is 8.42 Å². The van der Waals surface area contributed by atoms with Gasteiger partial charge in [-0.05, 0) is 12.1 Å². The molecule has 0 amide bonds. The van der Waals surface area contributed by atoms with Crippen molar-refractivity contribution in [1.82, 2.24) is 0 Å². The van der Waals surface area contributed by atoms with Crippen LogP contribution < -0.4 is 9.86 Å². The van der Waals surface area contributed by atoms with Crippen molar-refractivity contribution in [2.75, 3.05) is 4.72 Å². The Morgan fingerprint density at radius 1 is 0.765 bits per heavy atom. The molecule has 5 heteroatoms. The first kappa shape index (κ1) is 13.2. The third kappa shape index (κ3) is 7.10. The van der Waals surface area contributed by atoms with E-state index in [2.05, 4.69) is 4.72 Å². The topological polar surface area (TPSA) is 72.2 Å². The highest BCUT2D eigenvalue weighted by Crippen LogP contribution is 2.04. The summed E-state index contributed by atoms with van der Waals surface area (Å²) in [5.41, 5.74) is 0.468. The molecule has 0 fully saturated rings. The number of nitrogens with two attached hydrogens (primary N) is 1. The summed E-state index contributed by atoms with van der Waals surface area (Å²) < 4.78 is 23.1. The molecular formula is C12H14N2O2S. The van der Waals surface area contributed by atoms with Gasteiger partial charge < -0.3 is 0 Å². The van der Waals surface area contributed by atoms with Gasteiger partial charge in [-0.15, -0.1) is 0 Å². The highest BCUT2D eigenvalue weighted by atomic mass is 32.2. The van der Waals surface area contributed by atoms with E-state index in [9.17, 15) is 8.42 Å². The van der Waals surface area contributed by atoms with Crippen LogP contribution in [0.5, 0.6) is 0 Å². The molecular weight excluding hydrogens is 236 g/mol. The van der Waals surface area contributed by atoms with Crippen molar-refractivity contribution >= 4 is 15.9 Å². The van der Waals surface area contributed by atoms with Gasteiger partial charge in [0.15, 0.2) is 0 Å². The molecule has 0 aliphatic heterocycles. The molecule has 0 aromatic heterocycles. The standard InChI is InChI=1S/C6H8N2O2S.C6H6/c7-11(9,10)8-6-4-2-1-3-5-6;1-2-4-6-5-3-1/h1-5,8H,(H2,7,9,10);1-6H. The summed E-state index contributed by atoms with van der Waals surface area (Å²) in [6.07, 6.45) is 0. The van der Waals surface area contributed by atoms with Crippen LogP contribution in [0.4, 0.5) is 5.69 Å². The average Bonchev–Trinajstić information content (AvgIpc) is 2.31. The Balaban J connectivity index is 0.000000202. The number of benzene rings is 2. The number of anilines is 1. The predicted molar refractivity (Wildman–Crippen MR) is 69.6 cm³/mol. The zero-order valence-corrected chi connectivity index (χ0v) is 9.97. The summed E-state index contributed by atoms with van der Waals surface area (Å²) in [6, 6.07) is 20.4. The highest BCUT2D eigenvalue weighted by molar-refractivity contribution is 7.90. The van der Waals surface area contributed by atoms with E-state index in [0.29, 0.717) is 5.69 Å². The molecule has 0 radical (unpaired) electrons. The molecule has 2 aromatic carbocycles. The molecule has 0 aliphatic rings. The Morgan fingerprint density at radius 2 is 1.12 bits per heavy atom. The van der Waals surface area contributed by atoms with Crippen LogP contribution in [0, 0.1) is 0 Å². The lowest BCUT2D eigenvalue weighted by Gasteiger charge is -2.00. The van der Waals surface area contributed by atoms with E-state index >= 15 is 0 Å². The SMILES string of the molecule is NS(=O)(=O)Nc1ccccc1.c1ccccc1. The summed E-state index contributed by atoms with van der Waals surface area (Å²) >= 11 is 0. The molecule has 0 spiro atoms. The Hall–Kier alpha value is -1.85. The minimum Gasteiger partial charge on any atom is -0.271 e. The van der Waals surface area contributed by atoms with Gasteiger partial charge in [0.05, 0.1) is 0 Å². The zero-order chi connectivity index (χ0) is 12.6. The zero-order valence-electron chi connectivity index (χ0n) is 9.15. The first-order valence-corrected chi connectivity index (χ1v) is 6.48. The molecule has 0 atom stereocenters. The lowest BCUT2D eigenvalue weighted by Crippen LogP contribution is -2.21. The largest absolute Gasteiger partial charge is 0.296 e. The number of hydrogen-bond acceptors (Lipinski definition) is 2. The molecule has 0 saturated carbocycles. The fourth-order valence-corrected chi connectivity index (χ4v) is 1.52.